The van der Waals surface area contributed by atoms with Gasteiger partial charge in [0.2, 0.25) is 0 Å². The number of aliphatic hydroxyl groups excluding tert-OH is 1. The van der Waals surface area contributed by atoms with E-state index in [1.165, 1.54) is 23.7 Å². The van der Waals surface area contributed by atoms with Crippen molar-refractivity contribution in [1.29, 1.82) is 0 Å². The Bertz CT molecular complexity index is 1190. The SMILES string of the molecule is Cn1c(=O)c2c(nc(CN3CCN(c4ccc(F)cc4)CC3)n2CCCO)n(C)c1=O. The molecule has 10 heteroatoms. The van der Waals surface area contributed by atoms with E-state index in [1.54, 1.807) is 19.2 Å². The average Bonchev–Trinajstić information content (AvgIpc) is 3.14. The van der Waals surface area contributed by atoms with E-state index in [0.29, 0.717) is 36.5 Å². The smallest absolute Gasteiger partial charge is 0.332 e. The summed E-state index contributed by atoms with van der Waals surface area (Å²) in [5.74, 6) is 0.460. The highest BCUT2D eigenvalue weighted by Crippen LogP contribution is 2.19. The highest BCUT2D eigenvalue weighted by Gasteiger charge is 2.23. The topological polar surface area (TPSA) is 88.5 Å². The van der Waals surface area contributed by atoms with Crippen LogP contribution in [-0.2, 0) is 27.2 Å². The van der Waals surface area contributed by atoms with Crippen LogP contribution in [0, 0.1) is 5.82 Å². The van der Waals surface area contributed by atoms with Crippen LogP contribution in [0.4, 0.5) is 10.1 Å². The Morgan fingerprint density at radius 2 is 1.71 bits per heavy atom. The number of piperazine rings is 1. The number of benzene rings is 1. The maximum atomic E-state index is 13.2. The van der Waals surface area contributed by atoms with E-state index in [4.69, 9.17) is 0 Å². The molecule has 9 nitrogen and oxygen atoms in total. The third kappa shape index (κ3) is 4.00. The number of aryl methyl sites for hydroxylation is 2. The number of anilines is 1. The number of hydrogen-bond donors (Lipinski definition) is 1. The third-order valence-electron chi connectivity index (χ3n) is 5.90. The van der Waals surface area contributed by atoms with Gasteiger partial charge in [-0.3, -0.25) is 18.8 Å². The van der Waals surface area contributed by atoms with E-state index in [0.717, 1.165) is 36.4 Å². The van der Waals surface area contributed by atoms with Gasteiger partial charge < -0.3 is 14.6 Å². The second-order valence-corrected chi connectivity index (χ2v) is 7.87. The lowest BCUT2D eigenvalue weighted by atomic mass is 10.2. The number of imidazole rings is 1. The highest BCUT2D eigenvalue weighted by molar-refractivity contribution is 5.71. The molecule has 0 radical (unpaired) electrons. The average molecular weight is 430 g/mol. The number of aliphatic hydroxyl groups is 1. The van der Waals surface area contributed by atoms with Crippen molar-refractivity contribution in [3.8, 4) is 0 Å². The second-order valence-electron chi connectivity index (χ2n) is 7.87. The molecule has 4 rings (SSSR count). The molecule has 1 aliphatic rings. The zero-order valence-corrected chi connectivity index (χ0v) is 17.8. The Morgan fingerprint density at radius 1 is 1.03 bits per heavy atom. The minimum Gasteiger partial charge on any atom is -0.396 e. The summed E-state index contributed by atoms with van der Waals surface area (Å²) in [7, 11) is 3.07. The van der Waals surface area contributed by atoms with Gasteiger partial charge in [-0.25, -0.2) is 14.2 Å². The summed E-state index contributed by atoms with van der Waals surface area (Å²) in [6.45, 7) is 4.15. The quantitative estimate of drug-likeness (QED) is 0.604. The molecule has 0 amide bonds. The van der Waals surface area contributed by atoms with Crippen LogP contribution < -0.4 is 16.1 Å². The van der Waals surface area contributed by atoms with Crippen molar-refractivity contribution >= 4 is 16.9 Å². The van der Waals surface area contributed by atoms with Gasteiger partial charge in [-0.05, 0) is 30.7 Å². The van der Waals surface area contributed by atoms with Gasteiger partial charge in [0.25, 0.3) is 5.56 Å². The van der Waals surface area contributed by atoms with Crippen molar-refractivity contribution in [1.82, 2.24) is 23.6 Å². The lowest BCUT2D eigenvalue weighted by Gasteiger charge is -2.36. The summed E-state index contributed by atoms with van der Waals surface area (Å²) in [4.78, 5) is 34.2. The minimum absolute atomic E-state index is 0.00152. The van der Waals surface area contributed by atoms with Gasteiger partial charge in [-0.15, -0.1) is 0 Å². The van der Waals surface area contributed by atoms with Crippen molar-refractivity contribution in [2.75, 3.05) is 37.7 Å². The molecule has 1 fully saturated rings. The molecule has 0 bridgehead atoms. The molecule has 0 unspecified atom stereocenters. The molecule has 0 atom stereocenters. The van der Waals surface area contributed by atoms with Gasteiger partial charge in [0, 0.05) is 59.1 Å². The number of halogens is 1. The monoisotopic (exact) mass is 430 g/mol. The number of nitrogens with zero attached hydrogens (tertiary/aromatic N) is 6. The second kappa shape index (κ2) is 8.64. The third-order valence-corrected chi connectivity index (χ3v) is 5.90. The fourth-order valence-corrected chi connectivity index (χ4v) is 4.10. The summed E-state index contributed by atoms with van der Waals surface area (Å²) in [5, 5.41) is 9.31. The fraction of sp³-hybridized carbons (Fsp3) is 0.476. The molecule has 1 N–H and O–H groups in total. The van der Waals surface area contributed by atoms with Crippen molar-refractivity contribution in [3.63, 3.8) is 0 Å². The first-order valence-corrected chi connectivity index (χ1v) is 10.4. The predicted molar refractivity (Wildman–Crippen MR) is 116 cm³/mol. The number of fused-ring (bicyclic) bond motifs is 1. The van der Waals surface area contributed by atoms with Crippen molar-refractivity contribution in [2.24, 2.45) is 14.1 Å². The fourth-order valence-electron chi connectivity index (χ4n) is 4.10. The lowest BCUT2D eigenvalue weighted by Crippen LogP contribution is -2.46. The molecule has 2 aromatic heterocycles. The van der Waals surface area contributed by atoms with Gasteiger partial charge in [0.05, 0.1) is 6.54 Å². The molecule has 3 heterocycles. The molecule has 166 valence electrons. The van der Waals surface area contributed by atoms with E-state index in [-0.39, 0.29) is 18.0 Å². The molecule has 1 aliphatic heterocycles. The number of rotatable bonds is 6. The van der Waals surface area contributed by atoms with Crippen LogP contribution >= 0.6 is 0 Å². The number of aromatic nitrogens is 4. The summed E-state index contributed by atoms with van der Waals surface area (Å²) in [6, 6.07) is 6.51. The first-order valence-electron chi connectivity index (χ1n) is 10.4. The van der Waals surface area contributed by atoms with Gasteiger partial charge in [-0.1, -0.05) is 0 Å². The molecule has 1 aromatic carbocycles. The van der Waals surface area contributed by atoms with Gasteiger partial charge in [0.15, 0.2) is 11.2 Å². The molecule has 0 saturated carbocycles. The first-order chi connectivity index (χ1) is 14.9. The molecule has 3 aromatic rings. The highest BCUT2D eigenvalue weighted by atomic mass is 19.1. The normalized spacial score (nSPS) is 15.2. The molecule has 1 saturated heterocycles. The minimum atomic E-state index is -0.413. The Kier molecular flexibility index (Phi) is 5.92. The maximum absolute atomic E-state index is 13.2. The molecule has 0 spiro atoms. The van der Waals surface area contributed by atoms with Gasteiger partial charge in [-0.2, -0.15) is 0 Å². The summed E-state index contributed by atoms with van der Waals surface area (Å²) in [6.07, 6.45) is 0.489. The van der Waals surface area contributed by atoms with E-state index in [2.05, 4.69) is 14.8 Å². The van der Waals surface area contributed by atoms with Crippen LogP contribution in [0.5, 0.6) is 0 Å². The molecular formula is C21H27FN6O3. The standard InChI is InChI=1S/C21H27FN6O3/c1-24-19-18(20(30)25(2)21(24)31)28(8-3-13-29)17(23-19)14-26-9-11-27(12-10-26)16-6-4-15(22)5-7-16/h4-7,29H,3,8-14H2,1-2H3. The van der Waals surface area contributed by atoms with E-state index in [1.807, 2.05) is 4.57 Å². The van der Waals surface area contributed by atoms with Crippen LogP contribution in [-0.4, -0.2) is 61.5 Å². The summed E-state index contributed by atoms with van der Waals surface area (Å²) >= 11 is 0. The lowest BCUT2D eigenvalue weighted by molar-refractivity contribution is 0.238. The number of hydrogen-bond acceptors (Lipinski definition) is 6. The summed E-state index contributed by atoms with van der Waals surface area (Å²) < 4.78 is 17.5. The largest absolute Gasteiger partial charge is 0.396 e. The van der Waals surface area contributed by atoms with Crippen molar-refractivity contribution in [3.05, 3.63) is 56.7 Å². The van der Waals surface area contributed by atoms with E-state index in [9.17, 15) is 19.1 Å². The van der Waals surface area contributed by atoms with Gasteiger partial charge >= 0.3 is 5.69 Å². The van der Waals surface area contributed by atoms with Crippen LogP contribution in [0.15, 0.2) is 33.9 Å². The first kappa shape index (κ1) is 21.3. The Hall–Kier alpha value is -2.98. The van der Waals surface area contributed by atoms with E-state index < -0.39 is 5.69 Å². The summed E-state index contributed by atoms with van der Waals surface area (Å²) in [5.41, 5.74) is 0.957. The van der Waals surface area contributed by atoms with Gasteiger partial charge in [0.1, 0.15) is 11.6 Å². The maximum Gasteiger partial charge on any atom is 0.332 e. The Balaban J connectivity index is 1.59. The Morgan fingerprint density at radius 3 is 2.35 bits per heavy atom. The van der Waals surface area contributed by atoms with Crippen LogP contribution in [0.1, 0.15) is 12.2 Å². The zero-order valence-electron chi connectivity index (χ0n) is 17.8. The molecular weight excluding hydrogens is 403 g/mol. The Labute approximate surface area is 178 Å². The van der Waals surface area contributed by atoms with Crippen LogP contribution in [0.2, 0.25) is 0 Å². The van der Waals surface area contributed by atoms with Crippen molar-refractivity contribution < 1.29 is 9.50 Å². The van der Waals surface area contributed by atoms with Crippen LogP contribution in [0.3, 0.4) is 0 Å². The molecule has 31 heavy (non-hydrogen) atoms. The van der Waals surface area contributed by atoms with E-state index >= 15 is 0 Å². The predicted octanol–water partition coefficient (Wildman–Crippen LogP) is 0.277. The zero-order chi connectivity index (χ0) is 22.1. The van der Waals surface area contributed by atoms with Crippen molar-refractivity contribution in [2.45, 2.75) is 19.5 Å². The van der Waals surface area contributed by atoms with Crippen LogP contribution in [0.25, 0.3) is 11.2 Å². The molecule has 0 aliphatic carbocycles.